The van der Waals surface area contributed by atoms with Crippen LogP contribution in [-0.4, -0.2) is 52.2 Å². The fraction of sp³-hybridized carbons (Fsp3) is 0.526. The van der Waals surface area contributed by atoms with Gasteiger partial charge in [0.1, 0.15) is 5.82 Å². The van der Waals surface area contributed by atoms with Gasteiger partial charge in [0.05, 0.1) is 21.4 Å². The number of hydrogen-bond acceptors (Lipinski definition) is 6. The summed E-state index contributed by atoms with van der Waals surface area (Å²) in [5.74, 6) is 0.833. The van der Waals surface area contributed by atoms with Crippen LogP contribution in [0.4, 0.5) is 5.69 Å². The molecule has 3 heterocycles. The lowest BCUT2D eigenvalue weighted by molar-refractivity contribution is -0.113. The van der Waals surface area contributed by atoms with Crippen LogP contribution in [0.1, 0.15) is 37.9 Å². The summed E-state index contributed by atoms with van der Waals surface area (Å²) in [7, 11) is -3.58. The van der Waals surface area contributed by atoms with E-state index in [1.165, 1.54) is 40.7 Å². The summed E-state index contributed by atoms with van der Waals surface area (Å²) < 4.78 is 29.1. The van der Waals surface area contributed by atoms with Gasteiger partial charge in [0, 0.05) is 26.1 Å². The molecular formula is C19H24ClN5O3S2. The van der Waals surface area contributed by atoms with E-state index in [9.17, 15) is 13.2 Å². The van der Waals surface area contributed by atoms with Gasteiger partial charge in [-0.2, -0.15) is 4.31 Å². The largest absolute Gasteiger partial charge is 0.324 e. The molecule has 0 spiro atoms. The van der Waals surface area contributed by atoms with E-state index in [0.29, 0.717) is 23.8 Å². The SMILES string of the molecule is O=C(CSc1nnc2n1CCCCC2)Nc1cc(S(=O)(=O)N2CCCC2)ccc1Cl. The molecule has 1 aromatic heterocycles. The number of aryl methyl sites for hydroxylation is 1. The molecule has 1 N–H and O–H groups in total. The smallest absolute Gasteiger partial charge is 0.243 e. The van der Waals surface area contributed by atoms with Gasteiger partial charge in [0.15, 0.2) is 5.16 Å². The van der Waals surface area contributed by atoms with Gasteiger partial charge in [0.2, 0.25) is 15.9 Å². The molecule has 1 fully saturated rings. The zero-order valence-electron chi connectivity index (χ0n) is 16.5. The number of fused-ring (bicyclic) bond motifs is 1. The first-order chi connectivity index (χ1) is 14.4. The van der Waals surface area contributed by atoms with Gasteiger partial charge < -0.3 is 9.88 Å². The lowest BCUT2D eigenvalue weighted by Crippen LogP contribution is -2.28. The topological polar surface area (TPSA) is 97.2 Å². The summed E-state index contributed by atoms with van der Waals surface area (Å²) in [6.45, 7) is 1.91. The fourth-order valence-electron chi connectivity index (χ4n) is 3.72. The first kappa shape index (κ1) is 21.6. The maximum Gasteiger partial charge on any atom is 0.243 e. The molecule has 11 heteroatoms. The fourth-order valence-corrected chi connectivity index (χ4v) is 6.21. The second-order valence-electron chi connectivity index (χ2n) is 7.45. The van der Waals surface area contributed by atoms with E-state index in [0.717, 1.165) is 49.6 Å². The highest BCUT2D eigenvalue weighted by atomic mass is 35.5. The Balaban J connectivity index is 1.43. The average molecular weight is 470 g/mol. The molecule has 0 aliphatic carbocycles. The summed E-state index contributed by atoms with van der Waals surface area (Å²) in [6.07, 6.45) is 5.99. The number of sulfonamides is 1. The predicted octanol–water partition coefficient (Wildman–Crippen LogP) is 3.17. The van der Waals surface area contributed by atoms with Crippen molar-refractivity contribution in [1.82, 2.24) is 19.1 Å². The number of anilines is 1. The third kappa shape index (κ3) is 4.66. The number of thioether (sulfide) groups is 1. The van der Waals surface area contributed by atoms with Gasteiger partial charge in [-0.1, -0.05) is 29.8 Å². The van der Waals surface area contributed by atoms with Crippen LogP contribution in [0.25, 0.3) is 0 Å². The van der Waals surface area contributed by atoms with Crippen molar-refractivity contribution in [2.45, 2.75) is 55.1 Å². The zero-order chi connectivity index (χ0) is 21.1. The van der Waals surface area contributed by atoms with E-state index in [2.05, 4.69) is 20.1 Å². The molecule has 1 aromatic carbocycles. The van der Waals surface area contributed by atoms with E-state index < -0.39 is 10.0 Å². The second kappa shape index (κ2) is 9.25. The molecule has 8 nitrogen and oxygen atoms in total. The molecule has 2 aliphatic heterocycles. The third-order valence-corrected chi connectivity index (χ3v) is 8.51. The van der Waals surface area contributed by atoms with Gasteiger partial charge in [0.25, 0.3) is 0 Å². The summed E-state index contributed by atoms with van der Waals surface area (Å²) in [4.78, 5) is 12.6. The van der Waals surface area contributed by atoms with Gasteiger partial charge in [-0.05, 0) is 43.9 Å². The quantitative estimate of drug-likeness (QED) is 0.652. The van der Waals surface area contributed by atoms with Gasteiger partial charge in [-0.15, -0.1) is 10.2 Å². The van der Waals surface area contributed by atoms with Crippen molar-refractivity contribution in [3.63, 3.8) is 0 Å². The molecule has 162 valence electrons. The molecule has 1 saturated heterocycles. The number of nitrogens with one attached hydrogen (secondary N) is 1. The van der Waals surface area contributed by atoms with Crippen molar-refractivity contribution in [2.75, 3.05) is 24.2 Å². The maximum absolute atomic E-state index is 12.8. The van der Waals surface area contributed by atoms with Crippen LogP contribution in [0.5, 0.6) is 0 Å². The Morgan fingerprint density at radius 1 is 1.10 bits per heavy atom. The van der Waals surface area contributed by atoms with Crippen LogP contribution >= 0.6 is 23.4 Å². The lowest BCUT2D eigenvalue weighted by Gasteiger charge is -2.16. The number of benzene rings is 1. The van der Waals surface area contributed by atoms with Gasteiger partial charge in [-0.3, -0.25) is 4.79 Å². The highest BCUT2D eigenvalue weighted by molar-refractivity contribution is 7.99. The number of amides is 1. The first-order valence-corrected chi connectivity index (χ1v) is 12.9. The van der Waals surface area contributed by atoms with E-state index in [-0.39, 0.29) is 16.6 Å². The van der Waals surface area contributed by atoms with Gasteiger partial charge in [-0.25, -0.2) is 8.42 Å². The van der Waals surface area contributed by atoms with Gasteiger partial charge >= 0.3 is 0 Å². The van der Waals surface area contributed by atoms with Crippen molar-refractivity contribution in [3.8, 4) is 0 Å². The number of halogens is 1. The molecule has 1 amide bonds. The molecule has 0 bridgehead atoms. The van der Waals surface area contributed by atoms with Crippen LogP contribution in [0.3, 0.4) is 0 Å². The second-order valence-corrected chi connectivity index (χ2v) is 10.7. The molecule has 0 radical (unpaired) electrons. The maximum atomic E-state index is 12.8. The Hall–Kier alpha value is -1.62. The number of rotatable bonds is 6. The van der Waals surface area contributed by atoms with Crippen molar-refractivity contribution in [3.05, 3.63) is 29.0 Å². The number of hydrogen-bond donors (Lipinski definition) is 1. The molecular weight excluding hydrogens is 446 g/mol. The van der Waals surface area contributed by atoms with Crippen LogP contribution in [-0.2, 0) is 27.8 Å². The monoisotopic (exact) mass is 469 g/mol. The Bertz CT molecular complexity index is 1030. The normalized spacial score (nSPS) is 17.5. The van der Waals surface area contributed by atoms with Crippen LogP contribution < -0.4 is 5.32 Å². The Labute approximate surface area is 185 Å². The highest BCUT2D eigenvalue weighted by Crippen LogP contribution is 2.29. The van der Waals surface area contributed by atoms with E-state index in [1.807, 2.05) is 0 Å². The summed E-state index contributed by atoms with van der Waals surface area (Å²) >= 11 is 7.53. The molecule has 0 unspecified atom stereocenters. The molecule has 0 saturated carbocycles. The number of carbonyl (C=O) groups excluding carboxylic acids is 1. The first-order valence-electron chi connectivity index (χ1n) is 10.1. The minimum Gasteiger partial charge on any atom is -0.324 e. The number of aromatic nitrogens is 3. The average Bonchev–Trinajstić information content (AvgIpc) is 3.34. The Morgan fingerprint density at radius 2 is 1.87 bits per heavy atom. The predicted molar refractivity (Wildman–Crippen MR) is 116 cm³/mol. The summed E-state index contributed by atoms with van der Waals surface area (Å²) in [6, 6.07) is 4.42. The van der Waals surface area contributed by atoms with Crippen LogP contribution in [0, 0.1) is 0 Å². The van der Waals surface area contributed by atoms with E-state index in [4.69, 9.17) is 11.6 Å². The minimum absolute atomic E-state index is 0.136. The minimum atomic E-state index is -3.58. The Morgan fingerprint density at radius 3 is 2.67 bits per heavy atom. The number of carbonyl (C=O) groups is 1. The van der Waals surface area contributed by atoms with Crippen molar-refractivity contribution in [2.24, 2.45) is 0 Å². The lowest BCUT2D eigenvalue weighted by atomic mass is 10.2. The standard InChI is InChI=1S/C19H24ClN5O3S2/c20-15-8-7-14(30(27,28)24-9-4-5-10-24)12-16(15)21-18(26)13-29-19-23-22-17-6-2-1-3-11-25(17)19/h7-8,12H,1-6,9-11,13H2,(H,21,26). The third-order valence-electron chi connectivity index (χ3n) is 5.32. The van der Waals surface area contributed by atoms with Crippen LogP contribution in [0.2, 0.25) is 5.02 Å². The van der Waals surface area contributed by atoms with Crippen molar-refractivity contribution in [1.29, 1.82) is 0 Å². The summed E-state index contributed by atoms with van der Waals surface area (Å²) in [5.41, 5.74) is 0.294. The van der Waals surface area contributed by atoms with E-state index >= 15 is 0 Å². The zero-order valence-corrected chi connectivity index (χ0v) is 18.9. The highest BCUT2D eigenvalue weighted by Gasteiger charge is 2.28. The molecule has 0 atom stereocenters. The number of nitrogens with zero attached hydrogens (tertiary/aromatic N) is 4. The van der Waals surface area contributed by atoms with Crippen LogP contribution in [0.15, 0.2) is 28.3 Å². The summed E-state index contributed by atoms with van der Waals surface area (Å²) in [5, 5.41) is 12.2. The molecule has 4 rings (SSSR count). The van der Waals surface area contributed by atoms with Crippen molar-refractivity contribution >= 4 is 45.0 Å². The van der Waals surface area contributed by atoms with Crippen molar-refractivity contribution < 1.29 is 13.2 Å². The molecule has 2 aliphatic rings. The van der Waals surface area contributed by atoms with E-state index in [1.54, 1.807) is 0 Å². The molecule has 2 aromatic rings. The Kier molecular flexibility index (Phi) is 6.66. The molecule has 30 heavy (non-hydrogen) atoms.